The van der Waals surface area contributed by atoms with Crippen LogP contribution in [0.15, 0.2) is 72.8 Å². The second-order valence-electron chi connectivity index (χ2n) is 6.43. The van der Waals surface area contributed by atoms with Crippen LogP contribution in [0.25, 0.3) is 11.6 Å². The summed E-state index contributed by atoms with van der Waals surface area (Å²) in [7, 11) is 0. The second kappa shape index (κ2) is 9.85. The molecule has 1 amide bonds. The summed E-state index contributed by atoms with van der Waals surface area (Å²) in [4.78, 5) is 23.1. The van der Waals surface area contributed by atoms with Crippen LogP contribution in [0.2, 0.25) is 0 Å². The molecule has 3 aromatic carbocycles. The average Bonchev–Trinajstić information content (AvgIpc) is 2.78. The van der Waals surface area contributed by atoms with Crippen molar-refractivity contribution in [3.63, 3.8) is 0 Å². The fourth-order valence-electron chi connectivity index (χ4n) is 2.73. The van der Waals surface area contributed by atoms with Crippen LogP contribution in [0.3, 0.4) is 0 Å². The molecule has 0 aliphatic heterocycles. The molecule has 0 heterocycles. The van der Waals surface area contributed by atoms with Crippen LogP contribution in [-0.2, 0) is 4.79 Å². The van der Waals surface area contributed by atoms with Crippen molar-refractivity contribution in [1.29, 1.82) is 5.26 Å². The van der Waals surface area contributed by atoms with Gasteiger partial charge in [0.05, 0.1) is 17.2 Å². The van der Waals surface area contributed by atoms with Crippen molar-refractivity contribution in [3.8, 4) is 11.8 Å². The van der Waals surface area contributed by atoms with Crippen molar-refractivity contribution < 1.29 is 23.8 Å². The van der Waals surface area contributed by atoms with Crippen molar-refractivity contribution >= 4 is 29.2 Å². The topological polar surface area (TPSA) is 99.4 Å². The van der Waals surface area contributed by atoms with E-state index >= 15 is 0 Å². The van der Waals surface area contributed by atoms with E-state index in [1.54, 1.807) is 42.5 Å². The van der Waals surface area contributed by atoms with E-state index in [9.17, 15) is 19.2 Å². The zero-order chi connectivity index (χ0) is 22.2. The molecule has 0 radical (unpaired) electrons. The summed E-state index contributed by atoms with van der Waals surface area (Å²) in [5.74, 6) is -1.48. The van der Waals surface area contributed by atoms with Gasteiger partial charge >= 0.3 is 5.97 Å². The van der Waals surface area contributed by atoms with Crippen LogP contribution in [-0.4, -0.2) is 23.6 Å². The lowest BCUT2D eigenvalue weighted by atomic mass is 10.0. The van der Waals surface area contributed by atoms with E-state index in [4.69, 9.17) is 9.84 Å². The number of ether oxygens (including phenoxy) is 1. The summed E-state index contributed by atoms with van der Waals surface area (Å²) in [6.45, 7) is -0.280. The number of allylic oxidation sites excluding steroid dienone is 1. The maximum absolute atomic E-state index is 13.0. The summed E-state index contributed by atoms with van der Waals surface area (Å²) in [6.07, 6.45) is 1.60. The van der Waals surface area contributed by atoms with Crippen molar-refractivity contribution in [3.05, 3.63) is 95.3 Å². The highest BCUT2D eigenvalue weighted by Gasteiger charge is 2.09. The number of carbonyl (C=O) groups is 2. The Bertz CT molecular complexity index is 1160. The van der Waals surface area contributed by atoms with Gasteiger partial charge in [-0.2, -0.15) is 5.26 Å². The number of hydrogen-bond acceptors (Lipinski definition) is 4. The minimum Gasteiger partial charge on any atom is -0.483 e. The van der Waals surface area contributed by atoms with Gasteiger partial charge in [-0.1, -0.05) is 30.3 Å². The predicted octanol–water partition coefficient (Wildman–Crippen LogP) is 4.61. The monoisotopic (exact) mass is 416 g/mol. The SMILES string of the molecule is N#CC(=Cc1ccccc1OCC(=O)Nc1ccc(F)cc1)c1ccc(C(=O)O)cc1. The summed E-state index contributed by atoms with van der Waals surface area (Å²) >= 11 is 0. The third kappa shape index (κ3) is 5.78. The number of benzene rings is 3. The van der Waals surface area contributed by atoms with Crippen molar-refractivity contribution in [2.75, 3.05) is 11.9 Å². The maximum atomic E-state index is 13.0. The minimum atomic E-state index is -1.05. The molecule has 6 nitrogen and oxygen atoms in total. The molecule has 0 unspecified atom stereocenters. The third-order valence-corrected chi connectivity index (χ3v) is 4.27. The highest BCUT2D eigenvalue weighted by Crippen LogP contribution is 2.25. The lowest BCUT2D eigenvalue weighted by Crippen LogP contribution is -2.20. The first-order valence-electron chi connectivity index (χ1n) is 9.19. The van der Waals surface area contributed by atoms with Gasteiger partial charge in [0.15, 0.2) is 6.61 Å². The molecule has 154 valence electrons. The zero-order valence-electron chi connectivity index (χ0n) is 16.2. The molecule has 0 aliphatic carbocycles. The van der Waals surface area contributed by atoms with Crippen LogP contribution in [0.5, 0.6) is 5.75 Å². The standard InChI is InChI=1S/C24H17FN2O4/c25-20-9-11-21(12-10-20)27-23(28)15-31-22-4-2-1-3-18(22)13-19(14-26)16-5-7-17(8-6-16)24(29)30/h1-13H,15H2,(H,27,28)(H,29,30). The highest BCUT2D eigenvalue weighted by atomic mass is 19.1. The van der Waals surface area contributed by atoms with E-state index in [-0.39, 0.29) is 12.2 Å². The number of rotatable bonds is 7. The Balaban J connectivity index is 1.74. The highest BCUT2D eigenvalue weighted by molar-refractivity contribution is 5.93. The molecular weight excluding hydrogens is 399 g/mol. The van der Waals surface area contributed by atoms with E-state index in [0.29, 0.717) is 28.1 Å². The number of nitriles is 1. The molecular formula is C24H17FN2O4. The van der Waals surface area contributed by atoms with Crippen LogP contribution in [0, 0.1) is 17.1 Å². The van der Waals surface area contributed by atoms with Crippen molar-refractivity contribution in [1.82, 2.24) is 0 Å². The van der Waals surface area contributed by atoms with Crippen LogP contribution >= 0.6 is 0 Å². The van der Waals surface area contributed by atoms with Crippen LogP contribution in [0.1, 0.15) is 21.5 Å². The molecule has 0 aromatic heterocycles. The normalized spacial score (nSPS) is 10.8. The van der Waals surface area contributed by atoms with Gasteiger partial charge in [0, 0.05) is 11.3 Å². The first-order chi connectivity index (χ1) is 15.0. The summed E-state index contributed by atoms with van der Waals surface area (Å²) < 4.78 is 18.6. The molecule has 0 saturated carbocycles. The Labute approximate surface area is 177 Å². The number of para-hydroxylation sites is 1. The maximum Gasteiger partial charge on any atom is 0.335 e. The van der Waals surface area contributed by atoms with Crippen LogP contribution in [0.4, 0.5) is 10.1 Å². The molecule has 0 fully saturated rings. The number of aromatic carboxylic acids is 1. The first kappa shape index (κ1) is 21.3. The quantitative estimate of drug-likeness (QED) is 0.433. The van der Waals surface area contributed by atoms with E-state index in [1.165, 1.54) is 36.4 Å². The lowest BCUT2D eigenvalue weighted by Gasteiger charge is -2.10. The predicted molar refractivity (Wildman–Crippen MR) is 114 cm³/mol. The Hall–Kier alpha value is -4.44. The number of halogens is 1. The van der Waals surface area contributed by atoms with Gasteiger partial charge < -0.3 is 15.2 Å². The molecule has 0 atom stereocenters. The van der Waals surface area contributed by atoms with E-state index in [1.807, 2.05) is 0 Å². The molecule has 7 heteroatoms. The summed E-state index contributed by atoms with van der Waals surface area (Å²) in [5.41, 5.74) is 2.01. The molecule has 0 spiro atoms. The number of carboxylic acid groups (broad SMARTS) is 1. The lowest BCUT2D eigenvalue weighted by molar-refractivity contribution is -0.118. The van der Waals surface area contributed by atoms with E-state index in [2.05, 4.69) is 11.4 Å². The Morgan fingerprint density at radius 2 is 1.65 bits per heavy atom. The second-order valence-corrected chi connectivity index (χ2v) is 6.43. The largest absolute Gasteiger partial charge is 0.483 e. The van der Waals surface area contributed by atoms with Gasteiger partial charge in [-0.3, -0.25) is 4.79 Å². The van der Waals surface area contributed by atoms with Gasteiger partial charge in [0.2, 0.25) is 0 Å². The molecule has 31 heavy (non-hydrogen) atoms. The Kier molecular flexibility index (Phi) is 6.76. The Morgan fingerprint density at radius 3 is 2.29 bits per heavy atom. The molecule has 2 N–H and O–H groups in total. The van der Waals surface area contributed by atoms with E-state index in [0.717, 1.165) is 0 Å². The molecule has 0 aliphatic rings. The fraction of sp³-hybridized carbons (Fsp3) is 0.0417. The molecule has 3 rings (SSSR count). The zero-order valence-corrected chi connectivity index (χ0v) is 16.2. The van der Waals surface area contributed by atoms with Gasteiger partial charge in [0.25, 0.3) is 5.91 Å². The van der Waals surface area contributed by atoms with Gasteiger partial charge in [-0.25, -0.2) is 9.18 Å². The summed E-state index contributed by atoms with van der Waals surface area (Å²) in [6, 6.07) is 20.3. The number of carboxylic acids is 1. The number of carbonyl (C=O) groups excluding carboxylic acids is 1. The first-order valence-corrected chi connectivity index (χ1v) is 9.19. The number of nitrogens with one attached hydrogen (secondary N) is 1. The molecule has 0 saturated heterocycles. The fourth-order valence-corrected chi connectivity index (χ4v) is 2.73. The Morgan fingerprint density at radius 1 is 1.00 bits per heavy atom. The average molecular weight is 416 g/mol. The number of anilines is 1. The minimum absolute atomic E-state index is 0.122. The number of hydrogen-bond donors (Lipinski definition) is 2. The van der Waals surface area contributed by atoms with Gasteiger partial charge in [-0.05, 0) is 54.1 Å². The van der Waals surface area contributed by atoms with Crippen molar-refractivity contribution in [2.45, 2.75) is 0 Å². The summed E-state index contributed by atoms with van der Waals surface area (Å²) in [5, 5.41) is 21.2. The molecule has 0 bridgehead atoms. The van der Waals surface area contributed by atoms with Crippen molar-refractivity contribution in [2.24, 2.45) is 0 Å². The smallest absolute Gasteiger partial charge is 0.335 e. The van der Waals surface area contributed by atoms with Gasteiger partial charge in [0.1, 0.15) is 11.6 Å². The number of nitrogens with zero attached hydrogens (tertiary/aromatic N) is 1. The van der Waals surface area contributed by atoms with E-state index < -0.39 is 17.7 Å². The van der Waals surface area contributed by atoms with Gasteiger partial charge in [-0.15, -0.1) is 0 Å². The molecule has 3 aromatic rings. The van der Waals surface area contributed by atoms with Crippen LogP contribution < -0.4 is 10.1 Å². The number of amides is 1. The third-order valence-electron chi connectivity index (χ3n) is 4.27.